The molecule has 0 radical (unpaired) electrons. The first-order chi connectivity index (χ1) is 9.45. The van der Waals surface area contributed by atoms with Gasteiger partial charge in [0.05, 0.1) is 4.34 Å². The van der Waals surface area contributed by atoms with E-state index in [2.05, 4.69) is 31.0 Å². The van der Waals surface area contributed by atoms with E-state index in [0.29, 0.717) is 4.99 Å². The van der Waals surface area contributed by atoms with Gasteiger partial charge in [-0.25, -0.2) is 0 Å². The standard InChI is InChI=1S/C15H17ClN2S2/c1-10-7-11(15(17)19)3-4-12(10)8-18(2)9-13-5-6-14(16)20-13/h3-7H,8-9H2,1-2H3,(H2,17,19). The Morgan fingerprint density at radius 3 is 2.60 bits per heavy atom. The summed E-state index contributed by atoms with van der Waals surface area (Å²) in [4.78, 5) is 3.99. The van der Waals surface area contributed by atoms with Crippen LogP contribution < -0.4 is 5.73 Å². The van der Waals surface area contributed by atoms with Crippen LogP contribution in [-0.4, -0.2) is 16.9 Å². The second-order valence-corrected chi connectivity index (χ2v) is 7.12. The lowest BCUT2D eigenvalue weighted by Crippen LogP contribution is -2.17. The molecule has 2 nitrogen and oxygen atoms in total. The summed E-state index contributed by atoms with van der Waals surface area (Å²) in [5.41, 5.74) is 9.07. The van der Waals surface area contributed by atoms with Gasteiger partial charge in [0.15, 0.2) is 0 Å². The smallest absolute Gasteiger partial charge is 0.103 e. The van der Waals surface area contributed by atoms with E-state index in [0.717, 1.165) is 23.0 Å². The summed E-state index contributed by atoms with van der Waals surface area (Å²) in [7, 11) is 2.11. The molecular weight excluding hydrogens is 308 g/mol. The third-order valence-corrected chi connectivity index (χ3v) is 4.57. The lowest BCUT2D eigenvalue weighted by molar-refractivity contribution is 0.321. The molecule has 0 saturated heterocycles. The molecule has 0 bridgehead atoms. The van der Waals surface area contributed by atoms with Gasteiger partial charge < -0.3 is 5.73 Å². The van der Waals surface area contributed by atoms with Crippen LogP contribution in [0.5, 0.6) is 0 Å². The second-order valence-electron chi connectivity index (χ2n) is 4.88. The highest BCUT2D eigenvalue weighted by Crippen LogP contribution is 2.23. The van der Waals surface area contributed by atoms with Crippen LogP contribution in [0.2, 0.25) is 4.34 Å². The Morgan fingerprint density at radius 1 is 1.30 bits per heavy atom. The molecule has 2 aromatic rings. The summed E-state index contributed by atoms with van der Waals surface area (Å²) in [5, 5.41) is 0. The minimum Gasteiger partial charge on any atom is -0.389 e. The van der Waals surface area contributed by atoms with E-state index < -0.39 is 0 Å². The van der Waals surface area contributed by atoms with Crippen molar-refractivity contribution < 1.29 is 0 Å². The van der Waals surface area contributed by atoms with Crippen molar-refractivity contribution in [3.8, 4) is 0 Å². The zero-order valence-electron chi connectivity index (χ0n) is 11.5. The van der Waals surface area contributed by atoms with Crippen molar-refractivity contribution in [2.75, 3.05) is 7.05 Å². The largest absolute Gasteiger partial charge is 0.389 e. The van der Waals surface area contributed by atoms with Crippen LogP contribution >= 0.6 is 35.2 Å². The Morgan fingerprint density at radius 2 is 2.05 bits per heavy atom. The summed E-state index contributed by atoms with van der Waals surface area (Å²) in [6, 6.07) is 10.2. The molecule has 0 aliphatic heterocycles. The fourth-order valence-electron chi connectivity index (χ4n) is 2.08. The van der Waals surface area contributed by atoms with Crippen LogP contribution in [-0.2, 0) is 13.1 Å². The summed E-state index contributed by atoms with van der Waals surface area (Å²) in [6.07, 6.45) is 0. The van der Waals surface area contributed by atoms with Gasteiger partial charge in [-0.05, 0) is 43.3 Å². The van der Waals surface area contributed by atoms with Crippen molar-refractivity contribution in [1.29, 1.82) is 0 Å². The number of benzene rings is 1. The van der Waals surface area contributed by atoms with E-state index in [4.69, 9.17) is 29.6 Å². The molecule has 2 rings (SSSR count). The number of aryl methyl sites for hydroxylation is 1. The van der Waals surface area contributed by atoms with Crippen LogP contribution in [0, 0.1) is 6.92 Å². The number of thiocarbonyl (C=S) groups is 1. The van der Waals surface area contributed by atoms with Crippen LogP contribution in [0.15, 0.2) is 30.3 Å². The first-order valence-corrected chi connectivity index (χ1v) is 7.88. The molecule has 0 amide bonds. The van der Waals surface area contributed by atoms with Crippen molar-refractivity contribution in [2.24, 2.45) is 5.73 Å². The highest BCUT2D eigenvalue weighted by molar-refractivity contribution is 7.80. The zero-order valence-corrected chi connectivity index (χ0v) is 13.9. The van der Waals surface area contributed by atoms with E-state index >= 15 is 0 Å². The Kier molecular flexibility index (Phi) is 5.16. The predicted octanol–water partition coefficient (Wildman–Crippen LogP) is 3.98. The molecule has 0 fully saturated rings. The molecule has 106 valence electrons. The van der Waals surface area contributed by atoms with Crippen LogP contribution in [0.1, 0.15) is 21.6 Å². The van der Waals surface area contributed by atoms with Gasteiger partial charge in [0, 0.05) is 23.5 Å². The summed E-state index contributed by atoms with van der Waals surface area (Å²) < 4.78 is 0.838. The average Bonchev–Trinajstić information content (AvgIpc) is 2.77. The molecule has 5 heteroatoms. The first-order valence-electron chi connectivity index (χ1n) is 6.28. The van der Waals surface area contributed by atoms with Crippen LogP contribution in [0.25, 0.3) is 0 Å². The Bertz CT molecular complexity index is 622. The lowest BCUT2D eigenvalue weighted by atomic mass is 10.0. The normalized spacial score (nSPS) is 11.0. The highest BCUT2D eigenvalue weighted by atomic mass is 35.5. The fraction of sp³-hybridized carbons (Fsp3) is 0.267. The number of hydrogen-bond donors (Lipinski definition) is 1. The van der Waals surface area contributed by atoms with Crippen LogP contribution in [0.3, 0.4) is 0 Å². The predicted molar refractivity (Wildman–Crippen MR) is 91.6 cm³/mol. The summed E-state index contributed by atoms with van der Waals surface area (Å²) >= 11 is 12.6. The molecule has 0 aliphatic carbocycles. The molecule has 1 aromatic heterocycles. The van der Waals surface area contributed by atoms with Crippen molar-refractivity contribution in [3.05, 3.63) is 56.2 Å². The van der Waals surface area contributed by atoms with Gasteiger partial charge in [0.25, 0.3) is 0 Å². The first kappa shape index (κ1) is 15.4. The minimum atomic E-state index is 0.446. The molecule has 1 aromatic carbocycles. The molecular formula is C15H17ClN2S2. The topological polar surface area (TPSA) is 29.3 Å². The number of halogens is 1. The molecule has 0 saturated carbocycles. The molecule has 1 heterocycles. The maximum absolute atomic E-state index is 5.95. The van der Waals surface area contributed by atoms with E-state index in [1.165, 1.54) is 16.0 Å². The number of thiophene rings is 1. The maximum Gasteiger partial charge on any atom is 0.103 e. The Hall–Kier alpha value is -0.940. The number of nitrogens with zero attached hydrogens (tertiary/aromatic N) is 1. The van der Waals surface area contributed by atoms with Gasteiger partial charge in [-0.2, -0.15) is 0 Å². The molecule has 0 atom stereocenters. The SMILES string of the molecule is Cc1cc(C(N)=S)ccc1CN(C)Cc1ccc(Cl)s1. The molecule has 0 unspecified atom stereocenters. The minimum absolute atomic E-state index is 0.446. The van der Waals surface area contributed by atoms with Gasteiger partial charge >= 0.3 is 0 Å². The van der Waals surface area contributed by atoms with Crippen molar-refractivity contribution in [3.63, 3.8) is 0 Å². The highest BCUT2D eigenvalue weighted by Gasteiger charge is 2.07. The second kappa shape index (κ2) is 6.68. The van der Waals surface area contributed by atoms with Gasteiger partial charge in [0.2, 0.25) is 0 Å². The van der Waals surface area contributed by atoms with Crippen molar-refractivity contribution in [1.82, 2.24) is 4.90 Å². The quantitative estimate of drug-likeness (QED) is 0.844. The fourth-order valence-corrected chi connectivity index (χ4v) is 3.37. The Labute approximate surface area is 134 Å². The number of hydrogen-bond acceptors (Lipinski definition) is 3. The number of nitrogens with two attached hydrogens (primary N) is 1. The summed E-state index contributed by atoms with van der Waals surface area (Å²) in [5.74, 6) is 0. The maximum atomic E-state index is 5.95. The van der Waals surface area contributed by atoms with Gasteiger partial charge in [-0.15, -0.1) is 11.3 Å². The van der Waals surface area contributed by atoms with E-state index in [1.54, 1.807) is 11.3 Å². The van der Waals surface area contributed by atoms with Crippen molar-refractivity contribution in [2.45, 2.75) is 20.0 Å². The van der Waals surface area contributed by atoms with Crippen LogP contribution in [0.4, 0.5) is 0 Å². The van der Waals surface area contributed by atoms with Gasteiger partial charge in [0.1, 0.15) is 4.99 Å². The van der Waals surface area contributed by atoms with Crippen molar-refractivity contribution >= 4 is 40.1 Å². The van der Waals surface area contributed by atoms with E-state index in [9.17, 15) is 0 Å². The lowest BCUT2D eigenvalue weighted by Gasteiger charge is -2.17. The van der Waals surface area contributed by atoms with E-state index in [-0.39, 0.29) is 0 Å². The van der Waals surface area contributed by atoms with E-state index in [1.807, 2.05) is 18.2 Å². The zero-order chi connectivity index (χ0) is 14.7. The third-order valence-electron chi connectivity index (χ3n) is 3.12. The molecule has 20 heavy (non-hydrogen) atoms. The summed E-state index contributed by atoms with van der Waals surface area (Å²) in [6.45, 7) is 3.87. The number of rotatable bonds is 5. The molecule has 0 spiro atoms. The monoisotopic (exact) mass is 324 g/mol. The van der Waals surface area contributed by atoms with Gasteiger partial charge in [-0.3, -0.25) is 4.90 Å². The molecule has 0 aliphatic rings. The molecule has 2 N–H and O–H groups in total. The Balaban J connectivity index is 2.04. The van der Waals surface area contributed by atoms with Gasteiger partial charge in [-0.1, -0.05) is 36.0 Å². The third kappa shape index (κ3) is 4.03. The average molecular weight is 325 g/mol.